The van der Waals surface area contributed by atoms with E-state index in [1.807, 2.05) is 33.0 Å². The molecule has 0 amide bonds. The Labute approximate surface area is 112 Å². The average molecular weight is 261 g/mol. The first-order valence-corrected chi connectivity index (χ1v) is 6.23. The van der Waals surface area contributed by atoms with Crippen LogP contribution in [0.5, 0.6) is 0 Å². The molecule has 0 aliphatic rings. The predicted octanol–water partition coefficient (Wildman–Crippen LogP) is 3.97. The van der Waals surface area contributed by atoms with Gasteiger partial charge in [0.1, 0.15) is 0 Å². The van der Waals surface area contributed by atoms with Gasteiger partial charge in [0.25, 0.3) is 0 Å². The fourth-order valence-corrected chi connectivity index (χ4v) is 2.33. The summed E-state index contributed by atoms with van der Waals surface area (Å²) < 4.78 is 27.1. The minimum absolute atomic E-state index is 0.308. The van der Waals surface area contributed by atoms with E-state index in [-0.39, 0.29) is 0 Å². The van der Waals surface area contributed by atoms with E-state index in [4.69, 9.17) is 0 Å². The maximum Gasteiger partial charge on any atom is 0.166 e. The third-order valence-corrected chi connectivity index (χ3v) is 3.31. The van der Waals surface area contributed by atoms with Gasteiger partial charge in [0.05, 0.1) is 0 Å². The van der Waals surface area contributed by atoms with Gasteiger partial charge in [-0.2, -0.15) is 0 Å². The van der Waals surface area contributed by atoms with Gasteiger partial charge < -0.3 is 5.32 Å². The van der Waals surface area contributed by atoms with Crippen molar-refractivity contribution in [3.63, 3.8) is 0 Å². The van der Waals surface area contributed by atoms with Crippen LogP contribution < -0.4 is 5.32 Å². The van der Waals surface area contributed by atoms with Crippen molar-refractivity contribution in [2.45, 2.75) is 20.4 Å². The second kappa shape index (κ2) is 5.49. The van der Waals surface area contributed by atoms with Gasteiger partial charge in [-0.05, 0) is 49.2 Å². The zero-order valence-electron chi connectivity index (χ0n) is 11.3. The standard InChI is InChI=1S/C16H17F2N/c1-10-7-12(8-11(2)14(10)9-19-3)13-5-4-6-15(17)16(13)18/h4-8,19H,9H2,1-3H3. The topological polar surface area (TPSA) is 12.0 Å². The molecule has 1 nitrogen and oxygen atoms in total. The zero-order valence-corrected chi connectivity index (χ0v) is 11.3. The number of hydrogen-bond acceptors (Lipinski definition) is 1. The Kier molecular flexibility index (Phi) is 3.96. The molecule has 0 saturated heterocycles. The van der Waals surface area contributed by atoms with Gasteiger partial charge >= 0.3 is 0 Å². The molecule has 0 aliphatic carbocycles. The molecule has 100 valence electrons. The molecule has 0 bridgehead atoms. The molecule has 0 spiro atoms. The van der Waals surface area contributed by atoms with Crippen LogP contribution in [0.15, 0.2) is 30.3 Å². The molecule has 1 N–H and O–H groups in total. The van der Waals surface area contributed by atoms with Gasteiger partial charge in [-0.1, -0.05) is 24.3 Å². The highest BCUT2D eigenvalue weighted by Crippen LogP contribution is 2.28. The molecule has 19 heavy (non-hydrogen) atoms. The van der Waals surface area contributed by atoms with Gasteiger partial charge in [0.2, 0.25) is 0 Å². The van der Waals surface area contributed by atoms with E-state index in [9.17, 15) is 8.78 Å². The molecule has 0 saturated carbocycles. The molecule has 0 unspecified atom stereocenters. The van der Waals surface area contributed by atoms with Crippen LogP contribution in [0.2, 0.25) is 0 Å². The number of nitrogens with one attached hydrogen (secondary N) is 1. The first kappa shape index (κ1) is 13.7. The summed E-state index contributed by atoms with van der Waals surface area (Å²) in [5.74, 6) is -1.60. The van der Waals surface area contributed by atoms with E-state index >= 15 is 0 Å². The molecule has 0 aromatic heterocycles. The SMILES string of the molecule is CNCc1c(C)cc(-c2cccc(F)c2F)cc1C. The molecule has 0 atom stereocenters. The van der Waals surface area contributed by atoms with Crippen LogP contribution in [0.25, 0.3) is 11.1 Å². The highest BCUT2D eigenvalue weighted by molar-refractivity contribution is 5.67. The van der Waals surface area contributed by atoms with Crippen molar-refractivity contribution >= 4 is 0 Å². The number of halogens is 2. The predicted molar refractivity (Wildman–Crippen MR) is 74.0 cm³/mol. The Balaban J connectivity index is 2.55. The maximum absolute atomic E-state index is 13.8. The first-order valence-electron chi connectivity index (χ1n) is 6.23. The molecule has 2 aromatic rings. The molecular formula is C16H17F2N. The summed E-state index contributed by atoms with van der Waals surface area (Å²) in [6, 6.07) is 8.06. The number of rotatable bonds is 3. The third kappa shape index (κ3) is 2.66. The largest absolute Gasteiger partial charge is 0.316 e. The van der Waals surface area contributed by atoms with Crippen molar-refractivity contribution in [1.82, 2.24) is 5.32 Å². The Morgan fingerprint density at radius 2 is 1.68 bits per heavy atom. The molecule has 0 radical (unpaired) electrons. The summed E-state index contributed by atoms with van der Waals surface area (Å²) in [6.07, 6.45) is 0. The minimum atomic E-state index is -0.813. The van der Waals surface area contributed by atoms with Crippen LogP contribution in [0.4, 0.5) is 8.78 Å². The Morgan fingerprint density at radius 1 is 1.05 bits per heavy atom. The quantitative estimate of drug-likeness (QED) is 0.881. The normalized spacial score (nSPS) is 10.8. The van der Waals surface area contributed by atoms with Crippen LogP contribution in [0.1, 0.15) is 16.7 Å². The molecule has 0 fully saturated rings. The van der Waals surface area contributed by atoms with E-state index in [1.165, 1.54) is 11.6 Å². The smallest absolute Gasteiger partial charge is 0.166 e. The van der Waals surface area contributed by atoms with Gasteiger partial charge in [-0.25, -0.2) is 8.78 Å². The molecule has 0 aliphatic heterocycles. The second-order valence-electron chi connectivity index (χ2n) is 4.72. The van der Waals surface area contributed by atoms with Gasteiger partial charge in [-0.15, -0.1) is 0 Å². The Morgan fingerprint density at radius 3 is 2.26 bits per heavy atom. The van der Waals surface area contributed by atoms with E-state index < -0.39 is 11.6 Å². The lowest BCUT2D eigenvalue weighted by molar-refractivity contribution is 0.511. The molecule has 2 rings (SSSR count). The summed E-state index contributed by atoms with van der Waals surface area (Å²) in [7, 11) is 1.89. The monoisotopic (exact) mass is 261 g/mol. The molecule has 2 aromatic carbocycles. The van der Waals surface area contributed by atoms with E-state index in [2.05, 4.69) is 5.32 Å². The van der Waals surface area contributed by atoms with Gasteiger partial charge in [-0.3, -0.25) is 0 Å². The van der Waals surface area contributed by atoms with Crippen LogP contribution >= 0.6 is 0 Å². The van der Waals surface area contributed by atoms with Crippen molar-refractivity contribution in [2.75, 3.05) is 7.05 Å². The van der Waals surface area contributed by atoms with Crippen molar-refractivity contribution in [2.24, 2.45) is 0 Å². The van der Waals surface area contributed by atoms with Crippen molar-refractivity contribution in [3.8, 4) is 11.1 Å². The van der Waals surface area contributed by atoms with Crippen molar-refractivity contribution in [3.05, 3.63) is 58.7 Å². The Bertz CT molecular complexity index is 583. The summed E-state index contributed by atoms with van der Waals surface area (Å²) in [5, 5.41) is 3.11. The summed E-state index contributed by atoms with van der Waals surface area (Å²) in [4.78, 5) is 0. The van der Waals surface area contributed by atoms with E-state index in [0.29, 0.717) is 11.1 Å². The van der Waals surface area contributed by atoms with Gasteiger partial charge in [0, 0.05) is 12.1 Å². The lowest BCUT2D eigenvalue weighted by Crippen LogP contribution is -2.08. The van der Waals surface area contributed by atoms with Crippen LogP contribution in [-0.4, -0.2) is 7.05 Å². The Hall–Kier alpha value is -1.74. The number of hydrogen-bond donors (Lipinski definition) is 1. The van der Waals surface area contributed by atoms with Crippen LogP contribution in [-0.2, 0) is 6.54 Å². The fourth-order valence-electron chi connectivity index (χ4n) is 2.33. The molecular weight excluding hydrogens is 244 g/mol. The fraction of sp³-hybridized carbons (Fsp3) is 0.250. The van der Waals surface area contributed by atoms with Gasteiger partial charge in [0.15, 0.2) is 11.6 Å². The maximum atomic E-state index is 13.8. The van der Waals surface area contributed by atoms with E-state index in [0.717, 1.165) is 23.7 Å². The summed E-state index contributed by atoms with van der Waals surface area (Å²) in [5.41, 5.74) is 4.37. The van der Waals surface area contributed by atoms with Crippen molar-refractivity contribution < 1.29 is 8.78 Å². The zero-order chi connectivity index (χ0) is 14.0. The minimum Gasteiger partial charge on any atom is -0.316 e. The second-order valence-corrected chi connectivity index (χ2v) is 4.72. The number of benzene rings is 2. The average Bonchev–Trinajstić information content (AvgIpc) is 2.37. The lowest BCUT2D eigenvalue weighted by atomic mass is 9.95. The highest BCUT2D eigenvalue weighted by Gasteiger charge is 2.12. The number of aryl methyl sites for hydroxylation is 2. The summed E-state index contributed by atoms with van der Waals surface area (Å²) in [6.45, 7) is 4.74. The summed E-state index contributed by atoms with van der Waals surface area (Å²) >= 11 is 0. The van der Waals surface area contributed by atoms with Crippen LogP contribution in [0.3, 0.4) is 0 Å². The highest BCUT2D eigenvalue weighted by atomic mass is 19.2. The third-order valence-electron chi connectivity index (χ3n) is 3.31. The molecule has 3 heteroatoms. The van der Waals surface area contributed by atoms with E-state index in [1.54, 1.807) is 6.07 Å². The van der Waals surface area contributed by atoms with Crippen molar-refractivity contribution in [1.29, 1.82) is 0 Å². The first-order chi connectivity index (χ1) is 9.04. The van der Waals surface area contributed by atoms with Crippen LogP contribution in [0, 0.1) is 25.5 Å². The lowest BCUT2D eigenvalue weighted by Gasteiger charge is -2.13. The molecule has 0 heterocycles.